The Morgan fingerprint density at radius 3 is 2.71 bits per heavy atom. The lowest BCUT2D eigenvalue weighted by Crippen LogP contribution is -2.45. The molecule has 2 rings (SSSR count). The van der Waals surface area contributed by atoms with Crippen LogP contribution >= 0.6 is 0 Å². The fraction of sp³-hybridized carbons (Fsp3) is 0.538. The van der Waals surface area contributed by atoms with E-state index in [-0.39, 0.29) is 0 Å². The summed E-state index contributed by atoms with van der Waals surface area (Å²) < 4.78 is 17.2. The number of ether oxygens (including phenoxy) is 1. The van der Waals surface area contributed by atoms with Gasteiger partial charge in [0.1, 0.15) is 5.75 Å². The van der Waals surface area contributed by atoms with Crippen molar-refractivity contribution in [3.8, 4) is 5.75 Å². The van der Waals surface area contributed by atoms with Gasteiger partial charge in [0.2, 0.25) is 0 Å². The van der Waals surface area contributed by atoms with Crippen LogP contribution < -0.4 is 10.1 Å². The Morgan fingerprint density at radius 1 is 1.29 bits per heavy atom. The van der Waals surface area contributed by atoms with E-state index in [9.17, 15) is 4.21 Å². The van der Waals surface area contributed by atoms with Crippen molar-refractivity contribution in [2.45, 2.75) is 6.42 Å². The van der Waals surface area contributed by atoms with E-state index in [2.05, 4.69) is 5.32 Å². The largest absolute Gasteiger partial charge is 0.494 e. The van der Waals surface area contributed by atoms with Crippen molar-refractivity contribution in [1.82, 2.24) is 5.32 Å². The lowest BCUT2D eigenvalue weighted by Gasteiger charge is -2.26. The van der Waals surface area contributed by atoms with Crippen molar-refractivity contribution in [2.24, 2.45) is 5.92 Å². The van der Waals surface area contributed by atoms with E-state index in [1.165, 1.54) is 0 Å². The fourth-order valence-electron chi connectivity index (χ4n) is 1.74. The molecule has 1 atom stereocenters. The molecule has 0 radical (unpaired) electrons. The van der Waals surface area contributed by atoms with Crippen LogP contribution in [0.1, 0.15) is 6.42 Å². The molecule has 1 aliphatic rings. The molecule has 3 nitrogen and oxygen atoms in total. The zero-order chi connectivity index (χ0) is 11.9. The van der Waals surface area contributed by atoms with Crippen LogP contribution in [0, 0.1) is 5.92 Å². The summed E-state index contributed by atoms with van der Waals surface area (Å²) in [5.41, 5.74) is 0. The molecule has 1 aromatic rings. The Bertz CT molecular complexity index is 352. The van der Waals surface area contributed by atoms with Crippen LogP contribution in [0.4, 0.5) is 0 Å². The highest BCUT2D eigenvalue weighted by molar-refractivity contribution is 7.84. The zero-order valence-electron chi connectivity index (χ0n) is 9.93. The molecule has 0 spiro atoms. The summed E-state index contributed by atoms with van der Waals surface area (Å²) in [6.07, 6.45) is 0.863. The Labute approximate surface area is 105 Å². The van der Waals surface area contributed by atoms with Gasteiger partial charge in [0.15, 0.2) is 0 Å². The molecular formula is C13H19NO2S. The highest BCUT2D eigenvalue weighted by atomic mass is 32.2. The second kappa shape index (κ2) is 6.77. The van der Waals surface area contributed by atoms with Crippen LogP contribution in [0.15, 0.2) is 30.3 Å². The van der Waals surface area contributed by atoms with Crippen molar-refractivity contribution in [2.75, 3.05) is 31.2 Å². The van der Waals surface area contributed by atoms with E-state index in [0.717, 1.165) is 36.8 Å². The number of hydrogen-bond donors (Lipinski definition) is 1. The van der Waals surface area contributed by atoms with Gasteiger partial charge in [0.25, 0.3) is 0 Å². The third-order valence-electron chi connectivity index (χ3n) is 2.82. The van der Waals surface area contributed by atoms with Crippen LogP contribution in [0.2, 0.25) is 0 Å². The second-order valence-corrected chi connectivity index (χ2v) is 5.97. The van der Waals surface area contributed by atoms with Crippen molar-refractivity contribution in [1.29, 1.82) is 0 Å². The maximum atomic E-state index is 11.7. The minimum absolute atomic E-state index is 0.630. The number of rotatable bonds is 7. The van der Waals surface area contributed by atoms with Crippen LogP contribution in [-0.4, -0.2) is 35.4 Å². The molecule has 0 bridgehead atoms. The van der Waals surface area contributed by atoms with E-state index < -0.39 is 10.8 Å². The normalized spacial score (nSPS) is 17.4. The summed E-state index contributed by atoms with van der Waals surface area (Å²) in [6.45, 7) is 2.72. The summed E-state index contributed by atoms with van der Waals surface area (Å²) in [5, 5.41) is 3.20. The third kappa shape index (κ3) is 4.48. The number of nitrogens with one attached hydrogen (secondary N) is 1. The molecule has 1 fully saturated rings. The first-order valence-electron chi connectivity index (χ1n) is 6.08. The molecule has 0 amide bonds. The fourth-order valence-corrected chi connectivity index (χ4v) is 3.11. The topological polar surface area (TPSA) is 38.3 Å². The Balaban J connectivity index is 1.55. The third-order valence-corrected chi connectivity index (χ3v) is 4.40. The van der Waals surface area contributed by atoms with Gasteiger partial charge in [-0.05, 0) is 24.5 Å². The molecule has 1 heterocycles. The molecule has 0 saturated carbocycles. The van der Waals surface area contributed by atoms with Gasteiger partial charge >= 0.3 is 0 Å². The lowest BCUT2D eigenvalue weighted by molar-refractivity contribution is 0.318. The van der Waals surface area contributed by atoms with Gasteiger partial charge in [0.05, 0.1) is 6.61 Å². The average Bonchev–Trinajstić information content (AvgIpc) is 2.31. The van der Waals surface area contributed by atoms with Crippen molar-refractivity contribution >= 4 is 10.8 Å². The highest BCUT2D eigenvalue weighted by Crippen LogP contribution is 2.09. The van der Waals surface area contributed by atoms with E-state index in [1.807, 2.05) is 30.3 Å². The molecule has 1 N–H and O–H groups in total. The van der Waals surface area contributed by atoms with Crippen LogP contribution in [0.3, 0.4) is 0 Å². The SMILES string of the molecule is O=S(CCCOc1ccccc1)CC1CNC1. The standard InChI is InChI=1S/C13H19NO2S/c15-17(11-12-9-14-10-12)8-4-7-16-13-5-2-1-3-6-13/h1-3,5-6,12,14H,4,7-11H2. The van der Waals surface area contributed by atoms with Gasteiger partial charge < -0.3 is 10.1 Å². The minimum Gasteiger partial charge on any atom is -0.494 e. The molecule has 1 aromatic carbocycles. The molecule has 1 saturated heterocycles. The predicted molar refractivity (Wildman–Crippen MR) is 70.8 cm³/mol. The van der Waals surface area contributed by atoms with Crippen molar-refractivity contribution in [3.63, 3.8) is 0 Å². The van der Waals surface area contributed by atoms with Gasteiger partial charge in [-0.15, -0.1) is 0 Å². The Kier molecular flexibility index (Phi) is 5.01. The first-order valence-corrected chi connectivity index (χ1v) is 7.57. The summed E-state index contributed by atoms with van der Waals surface area (Å²) in [4.78, 5) is 0. The lowest BCUT2D eigenvalue weighted by atomic mass is 10.1. The molecule has 0 aromatic heterocycles. The molecule has 0 aliphatic carbocycles. The highest BCUT2D eigenvalue weighted by Gasteiger charge is 2.18. The first-order chi connectivity index (χ1) is 8.34. The Morgan fingerprint density at radius 2 is 2.06 bits per heavy atom. The molecule has 1 unspecified atom stereocenters. The summed E-state index contributed by atoms with van der Waals surface area (Å²) in [6, 6.07) is 9.76. The van der Waals surface area contributed by atoms with E-state index >= 15 is 0 Å². The summed E-state index contributed by atoms with van der Waals surface area (Å²) in [7, 11) is -0.677. The van der Waals surface area contributed by atoms with E-state index in [0.29, 0.717) is 12.5 Å². The molecule has 17 heavy (non-hydrogen) atoms. The monoisotopic (exact) mass is 253 g/mol. The second-order valence-electron chi connectivity index (χ2n) is 4.35. The average molecular weight is 253 g/mol. The molecule has 1 aliphatic heterocycles. The predicted octanol–water partition coefficient (Wildman–Crippen LogP) is 1.42. The summed E-state index contributed by atoms with van der Waals surface area (Å²) in [5.74, 6) is 3.12. The minimum atomic E-state index is -0.677. The first kappa shape index (κ1) is 12.6. The van der Waals surface area contributed by atoms with E-state index in [4.69, 9.17) is 4.74 Å². The van der Waals surface area contributed by atoms with Gasteiger partial charge in [0, 0.05) is 35.4 Å². The quantitative estimate of drug-likeness (QED) is 0.747. The van der Waals surface area contributed by atoms with Gasteiger partial charge in [-0.1, -0.05) is 18.2 Å². The maximum Gasteiger partial charge on any atom is 0.119 e. The number of hydrogen-bond acceptors (Lipinski definition) is 3. The van der Waals surface area contributed by atoms with Gasteiger partial charge in [-0.25, -0.2) is 0 Å². The van der Waals surface area contributed by atoms with Crippen LogP contribution in [0.5, 0.6) is 5.75 Å². The van der Waals surface area contributed by atoms with Crippen molar-refractivity contribution < 1.29 is 8.95 Å². The van der Waals surface area contributed by atoms with E-state index in [1.54, 1.807) is 0 Å². The Hall–Kier alpha value is -0.870. The molecule has 4 heteroatoms. The number of benzene rings is 1. The van der Waals surface area contributed by atoms with Crippen LogP contribution in [0.25, 0.3) is 0 Å². The smallest absolute Gasteiger partial charge is 0.119 e. The van der Waals surface area contributed by atoms with Crippen molar-refractivity contribution in [3.05, 3.63) is 30.3 Å². The molecule has 94 valence electrons. The maximum absolute atomic E-state index is 11.7. The number of para-hydroxylation sites is 1. The van der Waals surface area contributed by atoms with Gasteiger partial charge in [-0.3, -0.25) is 4.21 Å². The van der Waals surface area contributed by atoms with Gasteiger partial charge in [-0.2, -0.15) is 0 Å². The summed E-state index contributed by atoms with van der Waals surface area (Å²) >= 11 is 0. The zero-order valence-corrected chi connectivity index (χ0v) is 10.7. The molecular weight excluding hydrogens is 234 g/mol. The van der Waals surface area contributed by atoms with Crippen LogP contribution in [-0.2, 0) is 10.8 Å².